The van der Waals surface area contributed by atoms with E-state index < -0.39 is 5.97 Å². The van der Waals surface area contributed by atoms with Crippen molar-refractivity contribution in [3.8, 4) is 5.75 Å². The second kappa shape index (κ2) is 4.61. The van der Waals surface area contributed by atoms with E-state index in [2.05, 4.69) is 9.97 Å². The van der Waals surface area contributed by atoms with Gasteiger partial charge in [0.15, 0.2) is 5.75 Å². The molecule has 1 rings (SSSR count). The van der Waals surface area contributed by atoms with Crippen molar-refractivity contribution in [1.82, 2.24) is 9.97 Å². The molecule has 0 aliphatic heterocycles. The molecule has 1 heterocycles. The first-order valence-corrected chi connectivity index (χ1v) is 3.88. The van der Waals surface area contributed by atoms with Gasteiger partial charge in [0.2, 0.25) is 5.28 Å². The van der Waals surface area contributed by atoms with Crippen LogP contribution in [0.25, 0.3) is 0 Å². The van der Waals surface area contributed by atoms with E-state index in [1.54, 1.807) is 0 Å². The molecular weight excluding hydrogens is 196 g/mol. The number of carbonyl (C=O) groups is 1. The number of aliphatic carboxylic acids is 1. The number of aromatic nitrogens is 2. The van der Waals surface area contributed by atoms with Gasteiger partial charge in [-0.05, 0) is 11.6 Å². The summed E-state index contributed by atoms with van der Waals surface area (Å²) in [6.45, 7) is 0.0975. The maximum atomic E-state index is 10.1. The predicted molar refractivity (Wildman–Crippen MR) is 44.8 cm³/mol. The summed E-state index contributed by atoms with van der Waals surface area (Å²) in [5.74, 6) is -0.500. The molecular formula is C7H7ClN2O3. The second-order valence-corrected chi connectivity index (χ2v) is 2.52. The lowest BCUT2D eigenvalue weighted by atomic mass is 10.5. The van der Waals surface area contributed by atoms with Crippen LogP contribution in [0.2, 0.25) is 5.28 Å². The molecule has 0 amide bonds. The Bertz CT molecular complexity index is 288. The molecule has 0 bridgehead atoms. The van der Waals surface area contributed by atoms with E-state index >= 15 is 0 Å². The van der Waals surface area contributed by atoms with Crippen molar-refractivity contribution in [3.63, 3.8) is 0 Å². The lowest BCUT2D eigenvalue weighted by Gasteiger charge is -2.01. The normalized spacial score (nSPS) is 9.62. The summed E-state index contributed by atoms with van der Waals surface area (Å²) in [6, 6.07) is 0. The highest BCUT2D eigenvalue weighted by molar-refractivity contribution is 6.28. The van der Waals surface area contributed by atoms with Crippen molar-refractivity contribution >= 4 is 17.6 Å². The van der Waals surface area contributed by atoms with Gasteiger partial charge in [0.05, 0.1) is 25.4 Å². The van der Waals surface area contributed by atoms with Crippen molar-refractivity contribution in [2.45, 2.75) is 6.42 Å². The maximum absolute atomic E-state index is 10.1. The highest BCUT2D eigenvalue weighted by Crippen LogP contribution is 2.08. The largest absolute Gasteiger partial charge is 0.490 e. The van der Waals surface area contributed by atoms with Crippen LogP contribution in [0, 0.1) is 0 Å². The Morgan fingerprint density at radius 2 is 2.15 bits per heavy atom. The first-order chi connectivity index (χ1) is 6.18. The van der Waals surface area contributed by atoms with Gasteiger partial charge in [-0.15, -0.1) is 0 Å². The Labute approximate surface area is 79.3 Å². The van der Waals surface area contributed by atoms with E-state index in [4.69, 9.17) is 21.4 Å². The van der Waals surface area contributed by atoms with Gasteiger partial charge in [-0.3, -0.25) is 4.79 Å². The van der Waals surface area contributed by atoms with Gasteiger partial charge >= 0.3 is 5.97 Å². The molecule has 1 aromatic rings. The summed E-state index contributed by atoms with van der Waals surface area (Å²) in [5.41, 5.74) is 0. The van der Waals surface area contributed by atoms with Gasteiger partial charge in [-0.2, -0.15) is 0 Å². The lowest BCUT2D eigenvalue weighted by Crippen LogP contribution is -2.05. The van der Waals surface area contributed by atoms with Crippen LogP contribution in [0.4, 0.5) is 0 Å². The molecule has 70 valence electrons. The zero-order valence-electron chi connectivity index (χ0n) is 6.61. The number of carboxylic acid groups (broad SMARTS) is 1. The molecule has 0 aromatic carbocycles. The number of carboxylic acids is 1. The SMILES string of the molecule is O=C(O)CCOc1cnc(Cl)nc1. The van der Waals surface area contributed by atoms with Gasteiger partial charge < -0.3 is 9.84 Å². The minimum absolute atomic E-state index is 0.0529. The van der Waals surface area contributed by atoms with Crippen LogP contribution in [0.5, 0.6) is 5.75 Å². The molecule has 0 spiro atoms. The highest BCUT2D eigenvalue weighted by atomic mass is 35.5. The zero-order valence-corrected chi connectivity index (χ0v) is 7.36. The van der Waals surface area contributed by atoms with Crippen molar-refractivity contribution < 1.29 is 14.6 Å². The topological polar surface area (TPSA) is 72.3 Å². The number of halogens is 1. The van der Waals surface area contributed by atoms with Crippen LogP contribution in [0.1, 0.15) is 6.42 Å². The van der Waals surface area contributed by atoms with Crippen LogP contribution >= 0.6 is 11.6 Å². The van der Waals surface area contributed by atoms with Gasteiger partial charge in [-0.25, -0.2) is 9.97 Å². The van der Waals surface area contributed by atoms with Gasteiger partial charge in [0.25, 0.3) is 0 Å². The molecule has 0 saturated carbocycles. The first-order valence-electron chi connectivity index (χ1n) is 3.50. The van der Waals surface area contributed by atoms with E-state index in [-0.39, 0.29) is 18.3 Å². The highest BCUT2D eigenvalue weighted by Gasteiger charge is 1.99. The zero-order chi connectivity index (χ0) is 9.68. The Morgan fingerprint density at radius 3 is 2.69 bits per heavy atom. The van der Waals surface area contributed by atoms with E-state index in [9.17, 15) is 4.79 Å². The maximum Gasteiger partial charge on any atom is 0.306 e. The number of ether oxygens (including phenoxy) is 1. The average Bonchev–Trinajstić information content (AvgIpc) is 2.08. The fourth-order valence-corrected chi connectivity index (χ4v) is 0.729. The van der Waals surface area contributed by atoms with Crippen LogP contribution in [0.3, 0.4) is 0 Å². The number of nitrogens with zero attached hydrogens (tertiary/aromatic N) is 2. The van der Waals surface area contributed by atoms with E-state index in [0.717, 1.165) is 0 Å². The van der Waals surface area contributed by atoms with Crippen molar-refractivity contribution in [1.29, 1.82) is 0 Å². The standard InChI is InChI=1S/C7H7ClN2O3/c8-7-9-3-5(4-10-7)13-2-1-6(11)12/h3-4H,1-2H2,(H,11,12). The van der Waals surface area contributed by atoms with Gasteiger partial charge in [0, 0.05) is 0 Å². The van der Waals surface area contributed by atoms with Crippen molar-refractivity contribution in [2.75, 3.05) is 6.61 Å². The molecule has 0 radical (unpaired) electrons. The quantitative estimate of drug-likeness (QED) is 0.737. The molecule has 0 saturated heterocycles. The van der Waals surface area contributed by atoms with E-state index in [1.165, 1.54) is 12.4 Å². The number of hydrogen-bond donors (Lipinski definition) is 1. The molecule has 13 heavy (non-hydrogen) atoms. The minimum Gasteiger partial charge on any atom is -0.490 e. The van der Waals surface area contributed by atoms with E-state index in [1.807, 2.05) is 0 Å². The summed E-state index contributed by atoms with van der Waals surface area (Å²) in [7, 11) is 0. The fourth-order valence-electron chi connectivity index (χ4n) is 0.631. The van der Waals surface area contributed by atoms with Crippen molar-refractivity contribution in [2.24, 2.45) is 0 Å². The molecule has 0 aliphatic carbocycles. The number of rotatable bonds is 4. The Balaban J connectivity index is 2.37. The van der Waals surface area contributed by atoms with Crippen LogP contribution in [-0.4, -0.2) is 27.7 Å². The molecule has 5 nitrogen and oxygen atoms in total. The third kappa shape index (κ3) is 3.71. The van der Waals surface area contributed by atoms with Gasteiger partial charge in [0.1, 0.15) is 0 Å². The lowest BCUT2D eigenvalue weighted by molar-refractivity contribution is -0.137. The summed E-state index contributed by atoms with van der Waals surface area (Å²) in [5, 5.41) is 8.43. The Morgan fingerprint density at radius 1 is 1.54 bits per heavy atom. The summed E-state index contributed by atoms with van der Waals surface area (Å²) in [4.78, 5) is 17.4. The minimum atomic E-state index is -0.908. The Hall–Kier alpha value is -1.36. The molecule has 0 fully saturated rings. The smallest absolute Gasteiger partial charge is 0.306 e. The van der Waals surface area contributed by atoms with Crippen LogP contribution < -0.4 is 4.74 Å². The summed E-state index contributed by atoms with van der Waals surface area (Å²) < 4.78 is 5.01. The molecule has 0 unspecified atom stereocenters. The monoisotopic (exact) mass is 202 g/mol. The summed E-state index contributed by atoms with van der Waals surface area (Å²) in [6.07, 6.45) is 2.72. The third-order valence-corrected chi connectivity index (χ3v) is 1.38. The second-order valence-electron chi connectivity index (χ2n) is 2.18. The molecule has 1 aromatic heterocycles. The van der Waals surface area contributed by atoms with Crippen LogP contribution in [0.15, 0.2) is 12.4 Å². The van der Waals surface area contributed by atoms with Gasteiger partial charge in [-0.1, -0.05) is 0 Å². The van der Waals surface area contributed by atoms with Crippen LogP contribution in [-0.2, 0) is 4.79 Å². The number of hydrogen-bond acceptors (Lipinski definition) is 4. The molecule has 0 aliphatic rings. The average molecular weight is 203 g/mol. The molecule has 6 heteroatoms. The predicted octanol–water partition coefficient (Wildman–Crippen LogP) is 0.983. The third-order valence-electron chi connectivity index (χ3n) is 1.18. The first kappa shape index (κ1) is 9.73. The fraction of sp³-hybridized carbons (Fsp3) is 0.286. The van der Waals surface area contributed by atoms with E-state index in [0.29, 0.717) is 5.75 Å². The van der Waals surface area contributed by atoms with Crippen molar-refractivity contribution in [3.05, 3.63) is 17.7 Å². The molecule has 0 atom stereocenters. The summed E-state index contributed by atoms with van der Waals surface area (Å²) >= 11 is 5.42. The Kier molecular flexibility index (Phi) is 3.45. The molecule has 1 N–H and O–H groups in total.